The summed E-state index contributed by atoms with van der Waals surface area (Å²) in [6, 6.07) is 8.84. The molecule has 6 heteroatoms. The van der Waals surface area contributed by atoms with Gasteiger partial charge in [0.15, 0.2) is 0 Å². The van der Waals surface area contributed by atoms with E-state index in [0.717, 1.165) is 0 Å². The molecule has 0 radical (unpaired) electrons. The van der Waals surface area contributed by atoms with Crippen molar-refractivity contribution in [2.45, 2.75) is 13.5 Å². The number of nitrogens with zero attached hydrogens (tertiary/aromatic N) is 1. The van der Waals surface area contributed by atoms with Gasteiger partial charge in [0.05, 0.1) is 5.02 Å². The van der Waals surface area contributed by atoms with Crippen molar-refractivity contribution < 1.29 is 9.53 Å². The number of nitrogens with two attached hydrogens (primary N) is 1. The van der Waals surface area contributed by atoms with Crippen LogP contribution in [0.15, 0.2) is 36.5 Å². The summed E-state index contributed by atoms with van der Waals surface area (Å²) in [5, 5.41) is 3.38. The molecule has 21 heavy (non-hydrogen) atoms. The standard InChI is InChI=1S/C15H18ClN3O2/c1-2-19-10-11(16)8-14(19)15(20)18-12-4-3-5-13(9-12)21-7-6-17/h3-5,8-10H,2,6-7,17H2,1H3,(H,18,20). The van der Waals surface area contributed by atoms with Gasteiger partial charge in [0.2, 0.25) is 0 Å². The fourth-order valence-electron chi connectivity index (χ4n) is 1.96. The minimum absolute atomic E-state index is 0.209. The van der Waals surface area contributed by atoms with Gasteiger partial charge >= 0.3 is 0 Å². The molecule has 1 heterocycles. The first-order valence-corrected chi connectivity index (χ1v) is 7.11. The van der Waals surface area contributed by atoms with E-state index in [1.54, 1.807) is 29.0 Å². The molecule has 1 amide bonds. The van der Waals surface area contributed by atoms with E-state index >= 15 is 0 Å². The molecule has 0 aliphatic heterocycles. The summed E-state index contributed by atoms with van der Waals surface area (Å²) in [5.74, 6) is 0.460. The van der Waals surface area contributed by atoms with Gasteiger partial charge in [0.25, 0.3) is 5.91 Å². The first-order chi connectivity index (χ1) is 10.1. The van der Waals surface area contributed by atoms with Crippen LogP contribution in [0.25, 0.3) is 0 Å². The van der Waals surface area contributed by atoms with Crippen LogP contribution in [-0.2, 0) is 6.54 Å². The van der Waals surface area contributed by atoms with Crippen LogP contribution in [0.1, 0.15) is 17.4 Å². The Labute approximate surface area is 128 Å². The number of rotatable bonds is 6. The average molecular weight is 308 g/mol. The van der Waals surface area contributed by atoms with E-state index in [2.05, 4.69) is 5.32 Å². The van der Waals surface area contributed by atoms with E-state index < -0.39 is 0 Å². The Morgan fingerprint density at radius 3 is 2.95 bits per heavy atom. The molecule has 1 aromatic carbocycles. The van der Waals surface area contributed by atoms with Crippen LogP contribution in [0, 0.1) is 0 Å². The first-order valence-electron chi connectivity index (χ1n) is 6.74. The van der Waals surface area contributed by atoms with Crippen LogP contribution >= 0.6 is 11.6 Å². The Balaban J connectivity index is 2.11. The van der Waals surface area contributed by atoms with Crippen molar-refractivity contribution in [2.75, 3.05) is 18.5 Å². The zero-order chi connectivity index (χ0) is 15.2. The fraction of sp³-hybridized carbons (Fsp3) is 0.267. The Morgan fingerprint density at radius 1 is 1.43 bits per heavy atom. The quantitative estimate of drug-likeness (QED) is 0.862. The van der Waals surface area contributed by atoms with E-state index in [0.29, 0.717) is 41.8 Å². The number of aromatic nitrogens is 1. The van der Waals surface area contributed by atoms with Gasteiger partial charge in [-0.05, 0) is 25.1 Å². The van der Waals surface area contributed by atoms with Crippen LogP contribution < -0.4 is 15.8 Å². The van der Waals surface area contributed by atoms with Gasteiger partial charge in [-0.3, -0.25) is 4.79 Å². The van der Waals surface area contributed by atoms with Crippen molar-refractivity contribution in [2.24, 2.45) is 5.73 Å². The summed E-state index contributed by atoms with van der Waals surface area (Å²) in [5.41, 5.74) is 6.58. The lowest BCUT2D eigenvalue weighted by molar-refractivity contribution is 0.101. The van der Waals surface area contributed by atoms with E-state index in [-0.39, 0.29) is 5.91 Å². The highest BCUT2D eigenvalue weighted by molar-refractivity contribution is 6.31. The highest BCUT2D eigenvalue weighted by Crippen LogP contribution is 2.19. The van der Waals surface area contributed by atoms with Gasteiger partial charge in [-0.2, -0.15) is 0 Å². The molecule has 2 aromatic rings. The molecule has 0 saturated heterocycles. The number of carbonyl (C=O) groups is 1. The van der Waals surface area contributed by atoms with Gasteiger partial charge in [-0.25, -0.2) is 0 Å². The third kappa shape index (κ3) is 4.00. The predicted molar refractivity (Wildman–Crippen MR) is 84.1 cm³/mol. The SMILES string of the molecule is CCn1cc(Cl)cc1C(=O)Nc1cccc(OCCN)c1. The number of anilines is 1. The molecule has 5 nitrogen and oxygen atoms in total. The number of halogens is 1. The molecule has 0 atom stereocenters. The molecule has 1 aromatic heterocycles. The number of amides is 1. The minimum atomic E-state index is -0.209. The Bertz CT molecular complexity index is 625. The van der Waals surface area contributed by atoms with Crippen LogP contribution in [-0.4, -0.2) is 23.6 Å². The molecule has 0 aliphatic carbocycles. The van der Waals surface area contributed by atoms with Gasteiger partial charge in [-0.1, -0.05) is 17.7 Å². The van der Waals surface area contributed by atoms with Crippen molar-refractivity contribution >= 4 is 23.2 Å². The molecule has 112 valence electrons. The van der Waals surface area contributed by atoms with Crippen LogP contribution in [0.4, 0.5) is 5.69 Å². The number of ether oxygens (including phenoxy) is 1. The largest absolute Gasteiger partial charge is 0.492 e. The molecular formula is C15H18ClN3O2. The Hall–Kier alpha value is -1.98. The van der Waals surface area contributed by atoms with Crippen molar-refractivity contribution in [3.05, 3.63) is 47.2 Å². The Morgan fingerprint density at radius 2 is 2.24 bits per heavy atom. The lowest BCUT2D eigenvalue weighted by atomic mass is 10.3. The second-order valence-corrected chi connectivity index (χ2v) is 4.89. The number of hydrogen-bond acceptors (Lipinski definition) is 3. The third-order valence-electron chi connectivity index (χ3n) is 2.92. The molecule has 0 saturated carbocycles. The molecule has 3 N–H and O–H groups in total. The summed E-state index contributed by atoms with van der Waals surface area (Å²) in [4.78, 5) is 12.3. The Kier molecular flexibility index (Phi) is 5.25. The van der Waals surface area contributed by atoms with Gasteiger partial charge in [-0.15, -0.1) is 0 Å². The van der Waals surface area contributed by atoms with Crippen molar-refractivity contribution in [1.82, 2.24) is 4.57 Å². The second-order valence-electron chi connectivity index (χ2n) is 4.45. The lowest BCUT2D eigenvalue weighted by Crippen LogP contribution is -2.16. The zero-order valence-electron chi connectivity index (χ0n) is 11.8. The first kappa shape index (κ1) is 15.4. The topological polar surface area (TPSA) is 69.3 Å². The summed E-state index contributed by atoms with van der Waals surface area (Å²) in [7, 11) is 0. The molecular weight excluding hydrogens is 290 g/mol. The van der Waals surface area contributed by atoms with E-state index in [1.165, 1.54) is 0 Å². The van der Waals surface area contributed by atoms with E-state index in [4.69, 9.17) is 22.1 Å². The molecule has 0 bridgehead atoms. The smallest absolute Gasteiger partial charge is 0.272 e. The van der Waals surface area contributed by atoms with E-state index in [1.807, 2.05) is 19.1 Å². The number of carbonyl (C=O) groups excluding carboxylic acids is 1. The van der Waals surface area contributed by atoms with Crippen molar-refractivity contribution in [3.8, 4) is 5.75 Å². The van der Waals surface area contributed by atoms with Gasteiger partial charge < -0.3 is 20.4 Å². The maximum Gasteiger partial charge on any atom is 0.272 e. The maximum absolute atomic E-state index is 12.3. The lowest BCUT2D eigenvalue weighted by Gasteiger charge is -2.09. The van der Waals surface area contributed by atoms with Crippen LogP contribution in [0.2, 0.25) is 5.02 Å². The summed E-state index contributed by atoms with van der Waals surface area (Å²) >= 11 is 5.94. The highest BCUT2D eigenvalue weighted by Gasteiger charge is 2.12. The molecule has 0 unspecified atom stereocenters. The summed E-state index contributed by atoms with van der Waals surface area (Å²) < 4.78 is 7.23. The fourth-order valence-corrected chi connectivity index (χ4v) is 2.18. The summed E-state index contributed by atoms with van der Waals surface area (Å²) in [6.07, 6.45) is 1.73. The molecule has 0 spiro atoms. The normalized spacial score (nSPS) is 10.4. The molecule has 0 fully saturated rings. The van der Waals surface area contributed by atoms with Crippen LogP contribution in [0.5, 0.6) is 5.75 Å². The summed E-state index contributed by atoms with van der Waals surface area (Å²) in [6.45, 7) is 3.51. The third-order valence-corrected chi connectivity index (χ3v) is 3.12. The van der Waals surface area contributed by atoms with Crippen LogP contribution in [0.3, 0.4) is 0 Å². The molecule has 0 aliphatic rings. The number of hydrogen-bond donors (Lipinski definition) is 2. The maximum atomic E-state index is 12.3. The number of nitrogens with one attached hydrogen (secondary N) is 1. The molecule has 2 rings (SSSR count). The van der Waals surface area contributed by atoms with Crippen molar-refractivity contribution in [3.63, 3.8) is 0 Å². The predicted octanol–water partition coefficient (Wildman–Crippen LogP) is 2.75. The zero-order valence-corrected chi connectivity index (χ0v) is 12.6. The van der Waals surface area contributed by atoms with Crippen molar-refractivity contribution in [1.29, 1.82) is 0 Å². The van der Waals surface area contributed by atoms with Gasteiger partial charge in [0.1, 0.15) is 18.1 Å². The second kappa shape index (κ2) is 7.15. The van der Waals surface area contributed by atoms with E-state index in [9.17, 15) is 4.79 Å². The number of aryl methyl sites for hydroxylation is 1. The minimum Gasteiger partial charge on any atom is -0.492 e. The average Bonchev–Trinajstić information content (AvgIpc) is 2.87. The highest BCUT2D eigenvalue weighted by atomic mass is 35.5. The monoisotopic (exact) mass is 307 g/mol. The van der Waals surface area contributed by atoms with Gasteiger partial charge in [0, 0.05) is 31.0 Å². The number of benzene rings is 1.